The van der Waals surface area contributed by atoms with Gasteiger partial charge in [0.1, 0.15) is 0 Å². The maximum atomic E-state index is 3.86. The molecular formula is C18H32. The summed E-state index contributed by atoms with van der Waals surface area (Å²) in [4.78, 5) is 0. The van der Waals surface area contributed by atoms with E-state index in [0.29, 0.717) is 0 Å². The minimum atomic E-state index is 1.09. The van der Waals surface area contributed by atoms with E-state index in [9.17, 15) is 0 Å². The van der Waals surface area contributed by atoms with E-state index in [2.05, 4.69) is 38.2 Å². The quantitative estimate of drug-likeness (QED) is 0.259. The molecule has 2 radical (unpaired) electrons. The van der Waals surface area contributed by atoms with E-state index in [1.54, 1.807) is 0 Å². The Kier molecular flexibility index (Phi) is 16.0. The van der Waals surface area contributed by atoms with Crippen molar-refractivity contribution in [3.8, 4) is 0 Å². The molecule has 0 unspecified atom stereocenters. The molecule has 0 aliphatic heterocycles. The molecule has 0 aliphatic carbocycles. The van der Waals surface area contributed by atoms with Crippen LogP contribution in [0.3, 0.4) is 0 Å². The van der Waals surface area contributed by atoms with Crippen LogP contribution in [0.25, 0.3) is 0 Å². The van der Waals surface area contributed by atoms with E-state index in [4.69, 9.17) is 0 Å². The van der Waals surface area contributed by atoms with Gasteiger partial charge in [-0.1, -0.05) is 76.7 Å². The number of unbranched alkanes of at least 4 members (excludes halogenated alkanes) is 9. The summed E-state index contributed by atoms with van der Waals surface area (Å²) in [5, 5.41) is 0. The van der Waals surface area contributed by atoms with E-state index in [0.717, 1.165) is 12.8 Å². The van der Waals surface area contributed by atoms with Gasteiger partial charge >= 0.3 is 0 Å². The van der Waals surface area contributed by atoms with Crippen molar-refractivity contribution in [2.75, 3.05) is 0 Å². The molecule has 0 aromatic heterocycles. The van der Waals surface area contributed by atoms with Gasteiger partial charge in [-0.15, -0.1) is 0 Å². The van der Waals surface area contributed by atoms with Crippen LogP contribution in [0.5, 0.6) is 0 Å². The Balaban J connectivity index is 3.13. The number of rotatable bonds is 13. The molecule has 0 spiro atoms. The highest BCUT2D eigenvalue weighted by molar-refractivity contribution is 4.88. The van der Waals surface area contributed by atoms with Crippen LogP contribution in [0.4, 0.5) is 0 Å². The van der Waals surface area contributed by atoms with Crippen LogP contribution in [0.15, 0.2) is 24.3 Å². The summed E-state index contributed by atoms with van der Waals surface area (Å²) in [6, 6.07) is 0. The SMILES string of the molecule is [CH2]CCCCCC=CCCC=CCCCCC[CH2]. The van der Waals surface area contributed by atoms with Gasteiger partial charge in [-0.3, -0.25) is 0 Å². The van der Waals surface area contributed by atoms with Gasteiger partial charge in [-0.05, 0) is 38.5 Å². The molecule has 0 saturated carbocycles. The molecule has 0 aromatic carbocycles. The van der Waals surface area contributed by atoms with Gasteiger partial charge < -0.3 is 0 Å². The topological polar surface area (TPSA) is 0 Å². The van der Waals surface area contributed by atoms with Crippen LogP contribution in [0, 0.1) is 13.8 Å². The molecule has 0 amide bonds. The predicted octanol–water partition coefficient (Wildman–Crippen LogP) is 6.45. The third-order valence-corrected chi connectivity index (χ3v) is 3.07. The fraction of sp³-hybridized carbons (Fsp3) is 0.667. The zero-order chi connectivity index (χ0) is 13.3. The van der Waals surface area contributed by atoms with Crippen LogP contribution in [0.1, 0.15) is 77.0 Å². The number of hydrogen-bond donors (Lipinski definition) is 0. The first-order valence-corrected chi connectivity index (χ1v) is 7.80. The second-order valence-corrected chi connectivity index (χ2v) is 4.93. The fourth-order valence-electron chi connectivity index (χ4n) is 1.90. The van der Waals surface area contributed by atoms with E-state index in [1.165, 1.54) is 64.2 Å². The summed E-state index contributed by atoms with van der Waals surface area (Å²) < 4.78 is 0. The highest BCUT2D eigenvalue weighted by Gasteiger charge is 1.85. The Morgan fingerprint density at radius 1 is 0.444 bits per heavy atom. The third kappa shape index (κ3) is 15.5. The summed E-state index contributed by atoms with van der Waals surface area (Å²) in [7, 11) is 0. The van der Waals surface area contributed by atoms with Gasteiger partial charge in [0.25, 0.3) is 0 Å². The molecule has 0 atom stereocenters. The molecule has 0 nitrogen and oxygen atoms in total. The zero-order valence-corrected chi connectivity index (χ0v) is 12.2. The van der Waals surface area contributed by atoms with Crippen LogP contribution in [-0.2, 0) is 0 Å². The average Bonchev–Trinajstić information content (AvgIpc) is 2.39. The monoisotopic (exact) mass is 248 g/mol. The Labute approximate surface area is 116 Å². The van der Waals surface area contributed by atoms with Crippen LogP contribution in [0.2, 0.25) is 0 Å². The van der Waals surface area contributed by atoms with Crippen molar-refractivity contribution in [3.63, 3.8) is 0 Å². The van der Waals surface area contributed by atoms with Gasteiger partial charge in [0.2, 0.25) is 0 Å². The lowest BCUT2D eigenvalue weighted by Crippen LogP contribution is -1.75. The highest BCUT2D eigenvalue weighted by atomic mass is 13.9. The molecule has 0 aliphatic rings. The fourth-order valence-corrected chi connectivity index (χ4v) is 1.90. The van der Waals surface area contributed by atoms with Crippen molar-refractivity contribution in [2.24, 2.45) is 0 Å². The Morgan fingerprint density at radius 2 is 0.833 bits per heavy atom. The Bertz CT molecular complexity index is 166. The molecule has 0 rings (SSSR count). The maximum Gasteiger partial charge on any atom is -0.0316 e. The van der Waals surface area contributed by atoms with Crippen molar-refractivity contribution < 1.29 is 0 Å². The smallest absolute Gasteiger partial charge is 0.0316 e. The lowest BCUT2D eigenvalue weighted by Gasteiger charge is -1.95. The highest BCUT2D eigenvalue weighted by Crippen LogP contribution is 2.05. The van der Waals surface area contributed by atoms with Crippen LogP contribution < -0.4 is 0 Å². The maximum absolute atomic E-state index is 3.86. The first-order valence-electron chi connectivity index (χ1n) is 7.80. The molecule has 0 heterocycles. The summed E-state index contributed by atoms with van der Waals surface area (Å²) in [5.41, 5.74) is 0. The van der Waals surface area contributed by atoms with Gasteiger partial charge in [-0.2, -0.15) is 0 Å². The summed E-state index contributed by atoms with van der Waals surface area (Å²) in [6.07, 6.45) is 24.3. The molecule has 104 valence electrons. The largest absolute Gasteiger partial charge is 0.0885 e. The molecule has 18 heavy (non-hydrogen) atoms. The third-order valence-electron chi connectivity index (χ3n) is 3.07. The lowest BCUT2D eigenvalue weighted by atomic mass is 10.1. The minimum Gasteiger partial charge on any atom is -0.0885 e. The van der Waals surface area contributed by atoms with Crippen molar-refractivity contribution in [2.45, 2.75) is 77.0 Å². The zero-order valence-electron chi connectivity index (χ0n) is 12.2. The second kappa shape index (κ2) is 16.5. The van der Waals surface area contributed by atoms with Gasteiger partial charge in [0.05, 0.1) is 0 Å². The predicted molar refractivity (Wildman–Crippen MR) is 84.4 cm³/mol. The van der Waals surface area contributed by atoms with Crippen molar-refractivity contribution in [1.82, 2.24) is 0 Å². The molecule has 0 bridgehead atoms. The molecule has 0 fully saturated rings. The van der Waals surface area contributed by atoms with Gasteiger partial charge in [0.15, 0.2) is 0 Å². The van der Waals surface area contributed by atoms with Crippen molar-refractivity contribution >= 4 is 0 Å². The standard InChI is InChI=1S/C18H32/c1-3-5-7-9-11-13-15-17-18-16-14-12-10-8-6-4-2/h13-16H,1-12,17-18H2. The molecular weight excluding hydrogens is 216 g/mol. The number of allylic oxidation sites excluding steroid dienone is 4. The van der Waals surface area contributed by atoms with E-state index in [-0.39, 0.29) is 0 Å². The van der Waals surface area contributed by atoms with Crippen molar-refractivity contribution in [3.05, 3.63) is 38.2 Å². The minimum absolute atomic E-state index is 1.09. The first-order chi connectivity index (χ1) is 8.91. The van der Waals surface area contributed by atoms with Crippen LogP contribution in [-0.4, -0.2) is 0 Å². The molecule has 0 saturated heterocycles. The normalized spacial score (nSPS) is 11.9. The van der Waals surface area contributed by atoms with Gasteiger partial charge in [0, 0.05) is 0 Å². The first kappa shape index (κ1) is 17.5. The molecule has 0 aromatic rings. The van der Waals surface area contributed by atoms with Crippen LogP contribution >= 0.6 is 0 Å². The molecule has 0 heteroatoms. The van der Waals surface area contributed by atoms with Gasteiger partial charge in [-0.25, -0.2) is 0 Å². The number of hydrogen-bond acceptors (Lipinski definition) is 0. The van der Waals surface area contributed by atoms with E-state index >= 15 is 0 Å². The average molecular weight is 248 g/mol. The summed E-state index contributed by atoms with van der Waals surface area (Å²) in [5.74, 6) is 0. The van der Waals surface area contributed by atoms with Crippen molar-refractivity contribution in [1.29, 1.82) is 0 Å². The summed E-state index contributed by atoms with van der Waals surface area (Å²) in [6.45, 7) is 7.71. The Hall–Kier alpha value is -0.520. The molecule has 0 N–H and O–H groups in total. The lowest BCUT2D eigenvalue weighted by molar-refractivity contribution is 0.693. The summed E-state index contributed by atoms with van der Waals surface area (Å²) >= 11 is 0. The van der Waals surface area contributed by atoms with E-state index < -0.39 is 0 Å². The second-order valence-electron chi connectivity index (χ2n) is 4.93. The Morgan fingerprint density at radius 3 is 1.22 bits per heavy atom. The van der Waals surface area contributed by atoms with E-state index in [1.807, 2.05) is 0 Å².